The maximum absolute atomic E-state index is 5.68. The van der Waals surface area contributed by atoms with E-state index < -0.39 is 0 Å². The highest BCUT2D eigenvalue weighted by atomic mass is 16.5. The summed E-state index contributed by atoms with van der Waals surface area (Å²) >= 11 is 0. The van der Waals surface area contributed by atoms with Crippen LogP contribution in [0.5, 0.6) is 0 Å². The Morgan fingerprint density at radius 2 is 2.05 bits per heavy atom. The number of anilines is 1. The standard InChI is InChI=1S/C18H30N2O/c1-3-11-19-17-9-7-12-20(13-15-21-14-4-2)18-10-6-5-8-16(17)18/h5-6,8,10,17,19H,3-4,7,9,11-15H2,1-2H3. The molecule has 1 heterocycles. The van der Waals surface area contributed by atoms with Crippen LogP contribution in [0.15, 0.2) is 24.3 Å². The summed E-state index contributed by atoms with van der Waals surface area (Å²) in [4.78, 5) is 2.50. The number of hydrogen-bond donors (Lipinski definition) is 1. The molecule has 0 spiro atoms. The Labute approximate surface area is 129 Å². The van der Waals surface area contributed by atoms with E-state index in [4.69, 9.17) is 4.74 Å². The van der Waals surface area contributed by atoms with Gasteiger partial charge in [-0.3, -0.25) is 0 Å². The van der Waals surface area contributed by atoms with Crippen molar-refractivity contribution in [3.63, 3.8) is 0 Å². The van der Waals surface area contributed by atoms with Gasteiger partial charge in [0.1, 0.15) is 0 Å². The average Bonchev–Trinajstić information content (AvgIpc) is 2.69. The molecule has 0 radical (unpaired) electrons. The zero-order valence-electron chi connectivity index (χ0n) is 13.6. The largest absolute Gasteiger partial charge is 0.380 e. The third-order valence-corrected chi connectivity index (χ3v) is 4.07. The third kappa shape index (κ3) is 4.72. The zero-order chi connectivity index (χ0) is 14.9. The molecule has 1 atom stereocenters. The van der Waals surface area contributed by atoms with Crippen molar-refractivity contribution in [3.05, 3.63) is 29.8 Å². The van der Waals surface area contributed by atoms with Crippen LogP contribution in [0.1, 0.15) is 51.1 Å². The van der Waals surface area contributed by atoms with Gasteiger partial charge in [0.15, 0.2) is 0 Å². The Morgan fingerprint density at radius 1 is 1.19 bits per heavy atom. The minimum Gasteiger partial charge on any atom is -0.380 e. The molecule has 1 aromatic rings. The molecule has 0 saturated carbocycles. The fraction of sp³-hybridized carbons (Fsp3) is 0.667. The van der Waals surface area contributed by atoms with E-state index in [0.717, 1.165) is 39.3 Å². The Kier molecular flexibility index (Phi) is 7.04. The minimum absolute atomic E-state index is 0.503. The van der Waals surface area contributed by atoms with Crippen molar-refractivity contribution in [3.8, 4) is 0 Å². The molecule has 0 aromatic heterocycles. The smallest absolute Gasteiger partial charge is 0.0641 e. The highest BCUT2D eigenvalue weighted by molar-refractivity contribution is 5.55. The van der Waals surface area contributed by atoms with E-state index in [0.29, 0.717) is 6.04 Å². The lowest BCUT2D eigenvalue weighted by atomic mass is 10.0. The van der Waals surface area contributed by atoms with E-state index in [9.17, 15) is 0 Å². The second kappa shape index (κ2) is 9.06. The van der Waals surface area contributed by atoms with Crippen LogP contribution < -0.4 is 10.2 Å². The number of nitrogens with zero attached hydrogens (tertiary/aromatic N) is 1. The van der Waals surface area contributed by atoms with E-state index >= 15 is 0 Å². The van der Waals surface area contributed by atoms with Crippen LogP contribution in [0.3, 0.4) is 0 Å². The first-order valence-electron chi connectivity index (χ1n) is 8.51. The van der Waals surface area contributed by atoms with Gasteiger partial charge in [-0.2, -0.15) is 0 Å². The van der Waals surface area contributed by atoms with Crippen LogP contribution in [-0.2, 0) is 4.74 Å². The number of para-hydroxylation sites is 1. The maximum atomic E-state index is 5.68. The number of nitrogens with one attached hydrogen (secondary N) is 1. The van der Waals surface area contributed by atoms with Gasteiger partial charge in [-0.1, -0.05) is 32.0 Å². The van der Waals surface area contributed by atoms with Gasteiger partial charge in [-0.15, -0.1) is 0 Å². The molecule has 0 aliphatic carbocycles. The molecule has 1 unspecified atom stereocenters. The summed E-state index contributed by atoms with van der Waals surface area (Å²) in [7, 11) is 0. The fourth-order valence-corrected chi connectivity index (χ4v) is 3.02. The lowest BCUT2D eigenvalue weighted by molar-refractivity contribution is 0.141. The zero-order valence-corrected chi connectivity index (χ0v) is 13.6. The predicted molar refractivity (Wildman–Crippen MR) is 90.0 cm³/mol. The number of rotatable bonds is 8. The average molecular weight is 290 g/mol. The predicted octanol–water partition coefficient (Wildman–Crippen LogP) is 3.75. The van der Waals surface area contributed by atoms with Crippen LogP contribution in [-0.4, -0.2) is 32.8 Å². The number of benzene rings is 1. The van der Waals surface area contributed by atoms with Gasteiger partial charge < -0.3 is 15.0 Å². The van der Waals surface area contributed by atoms with Gasteiger partial charge in [-0.25, -0.2) is 0 Å². The summed E-state index contributed by atoms with van der Waals surface area (Å²) in [6.07, 6.45) is 4.75. The summed E-state index contributed by atoms with van der Waals surface area (Å²) in [6, 6.07) is 9.37. The minimum atomic E-state index is 0.503. The topological polar surface area (TPSA) is 24.5 Å². The van der Waals surface area contributed by atoms with E-state index in [1.807, 2.05) is 0 Å². The molecule has 3 heteroatoms. The van der Waals surface area contributed by atoms with Crippen molar-refractivity contribution in [2.24, 2.45) is 0 Å². The monoisotopic (exact) mass is 290 g/mol. The maximum Gasteiger partial charge on any atom is 0.0641 e. The van der Waals surface area contributed by atoms with Crippen molar-refractivity contribution in [1.29, 1.82) is 0 Å². The normalized spacial score (nSPS) is 18.4. The summed E-state index contributed by atoms with van der Waals surface area (Å²) in [5.41, 5.74) is 2.85. The lowest BCUT2D eigenvalue weighted by Crippen LogP contribution is -2.28. The second-order valence-electron chi connectivity index (χ2n) is 5.81. The van der Waals surface area contributed by atoms with Gasteiger partial charge >= 0.3 is 0 Å². The van der Waals surface area contributed by atoms with Crippen LogP contribution in [0.4, 0.5) is 5.69 Å². The molecular formula is C18H30N2O. The molecule has 1 N–H and O–H groups in total. The van der Waals surface area contributed by atoms with Gasteiger partial charge in [0, 0.05) is 31.4 Å². The van der Waals surface area contributed by atoms with Crippen molar-refractivity contribution < 1.29 is 4.74 Å². The van der Waals surface area contributed by atoms with E-state index in [2.05, 4.69) is 48.3 Å². The van der Waals surface area contributed by atoms with E-state index in [1.165, 1.54) is 30.5 Å². The Morgan fingerprint density at radius 3 is 2.86 bits per heavy atom. The third-order valence-electron chi connectivity index (χ3n) is 4.07. The molecule has 1 aliphatic heterocycles. The van der Waals surface area contributed by atoms with Crippen LogP contribution in [0, 0.1) is 0 Å². The van der Waals surface area contributed by atoms with Crippen molar-refractivity contribution in [1.82, 2.24) is 5.32 Å². The Bertz CT molecular complexity index is 408. The highest BCUT2D eigenvalue weighted by Crippen LogP contribution is 2.32. The van der Waals surface area contributed by atoms with Crippen molar-refractivity contribution >= 4 is 5.69 Å². The van der Waals surface area contributed by atoms with E-state index in [1.54, 1.807) is 0 Å². The summed E-state index contributed by atoms with van der Waals surface area (Å²) in [6.45, 7) is 9.32. The molecule has 0 bridgehead atoms. The molecule has 21 heavy (non-hydrogen) atoms. The molecule has 0 amide bonds. The molecular weight excluding hydrogens is 260 g/mol. The highest BCUT2D eigenvalue weighted by Gasteiger charge is 2.21. The SMILES string of the molecule is CCCNC1CCCN(CCOCCC)c2ccccc21. The lowest BCUT2D eigenvalue weighted by Gasteiger charge is -2.26. The van der Waals surface area contributed by atoms with Gasteiger partial charge in [0.05, 0.1) is 6.61 Å². The second-order valence-corrected chi connectivity index (χ2v) is 5.81. The van der Waals surface area contributed by atoms with Gasteiger partial charge in [0.25, 0.3) is 0 Å². The number of fused-ring (bicyclic) bond motifs is 1. The first kappa shape index (κ1) is 16.3. The molecule has 0 saturated heterocycles. The molecule has 0 fully saturated rings. The first-order valence-corrected chi connectivity index (χ1v) is 8.51. The van der Waals surface area contributed by atoms with Crippen LogP contribution >= 0.6 is 0 Å². The molecule has 118 valence electrons. The van der Waals surface area contributed by atoms with Crippen LogP contribution in [0.25, 0.3) is 0 Å². The summed E-state index contributed by atoms with van der Waals surface area (Å²) < 4.78 is 5.68. The molecule has 3 nitrogen and oxygen atoms in total. The summed E-state index contributed by atoms with van der Waals surface area (Å²) in [5.74, 6) is 0. The number of ether oxygens (including phenoxy) is 1. The van der Waals surface area contributed by atoms with Crippen LogP contribution in [0.2, 0.25) is 0 Å². The molecule has 1 aliphatic rings. The number of hydrogen-bond acceptors (Lipinski definition) is 3. The summed E-state index contributed by atoms with van der Waals surface area (Å²) in [5, 5.41) is 3.71. The molecule has 1 aromatic carbocycles. The Balaban J connectivity index is 2.05. The molecule has 2 rings (SSSR count). The van der Waals surface area contributed by atoms with Gasteiger partial charge in [0.2, 0.25) is 0 Å². The van der Waals surface area contributed by atoms with Crippen molar-refractivity contribution in [2.45, 2.75) is 45.6 Å². The van der Waals surface area contributed by atoms with Gasteiger partial charge in [-0.05, 0) is 43.9 Å². The first-order chi connectivity index (χ1) is 10.4. The van der Waals surface area contributed by atoms with Crippen molar-refractivity contribution in [2.75, 3.05) is 37.7 Å². The van der Waals surface area contributed by atoms with E-state index in [-0.39, 0.29) is 0 Å². The quantitative estimate of drug-likeness (QED) is 0.738. The Hall–Kier alpha value is -1.06. The fourth-order valence-electron chi connectivity index (χ4n) is 3.02.